The lowest BCUT2D eigenvalue weighted by Gasteiger charge is -2.24. The SMILES string of the molecule is CC(O)(Cc1ccccc1F)c1ccc(F)c(F)c1. The molecule has 100 valence electrons. The Morgan fingerprint density at radius 2 is 1.63 bits per heavy atom. The predicted octanol–water partition coefficient (Wildman–Crippen LogP) is 3.55. The Hall–Kier alpha value is -1.81. The van der Waals surface area contributed by atoms with E-state index in [9.17, 15) is 18.3 Å². The van der Waals surface area contributed by atoms with Gasteiger partial charge in [0.25, 0.3) is 0 Å². The fourth-order valence-electron chi connectivity index (χ4n) is 1.95. The summed E-state index contributed by atoms with van der Waals surface area (Å²) in [4.78, 5) is 0. The molecule has 1 nitrogen and oxygen atoms in total. The summed E-state index contributed by atoms with van der Waals surface area (Å²) in [5.41, 5.74) is -0.955. The highest BCUT2D eigenvalue weighted by Crippen LogP contribution is 2.27. The summed E-state index contributed by atoms with van der Waals surface area (Å²) in [5.74, 6) is -2.46. The second-order valence-electron chi connectivity index (χ2n) is 4.67. The molecule has 0 aromatic heterocycles. The average molecular weight is 266 g/mol. The van der Waals surface area contributed by atoms with E-state index in [0.717, 1.165) is 12.1 Å². The van der Waals surface area contributed by atoms with E-state index < -0.39 is 23.1 Å². The number of hydrogen-bond donors (Lipinski definition) is 1. The minimum atomic E-state index is -1.48. The topological polar surface area (TPSA) is 20.2 Å². The van der Waals surface area contributed by atoms with Crippen LogP contribution in [0.3, 0.4) is 0 Å². The average Bonchev–Trinajstić information content (AvgIpc) is 2.35. The molecule has 0 aliphatic rings. The van der Waals surface area contributed by atoms with Crippen LogP contribution in [-0.4, -0.2) is 5.11 Å². The Labute approximate surface area is 109 Å². The van der Waals surface area contributed by atoms with Crippen molar-refractivity contribution in [2.24, 2.45) is 0 Å². The van der Waals surface area contributed by atoms with Gasteiger partial charge in [0.15, 0.2) is 11.6 Å². The van der Waals surface area contributed by atoms with Crippen molar-refractivity contribution in [2.45, 2.75) is 18.9 Å². The zero-order valence-corrected chi connectivity index (χ0v) is 10.3. The van der Waals surface area contributed by atoms with E-state index in [1.54, 1.807) is 18.2 Å². The number of aliphatic hydroxyl groups is 1. The van der Waals surface area contributed by atoms with Gasteiger partial charge in [-0.2, -0.15) is 0 Å². The van der Waals surface area contributed by atoms with Crippen LogP contribution in [0.25, 0.3) is 0 Å². The molecule has 2 rings (SSSR count). The quantitative estimate of drug-likeness (QED) is 0.900. The Morgan fingerprint density at radius 3 is 2.26 bits per heavy atom. The third-order valence-corrected chi connectivity index (χ3v) is 3.03. The van der Waals surface area contributed by atoms with Crippen molar-refractivity contribution in [3.63, 3.8) is 0 Å². The largest absolute Gasteiger partial charge is 0.385 e. The van der Waals surface area contributed by atoms with Crippen LogP contribution in [0.1, 0.15) is 18.1 Å². The number of halogens is 3. The molecular formula is C15H13F3O. The van der Waals surface area contributed by atoms with E-state index in [4.69, 9.17) is 0 Å². The standard InChI is InChI=1S/C15H13F3O/c1-15(19,9-10-4-2-3-5-12(10)16)11-6-7-13(17)14(18)8-11/h2-8,19H,9H2,1H3. The Balaban J connectivity index is 2.32. The maximum Gasteiger partial charge on any atom is 0.159 e. The van der Waals surface area contributed by atoms with Crippen LogP contribution >= 0.6 is 0 Å². The second-order valence-corrected chi connectivity index (χ2v) is 4.67. The van der Waals surface area contributed by atoms with Crippen LogP contribution in [0, 0.1) is 17.5 Å². The smallest absolute Gasteiger partial charge is 0.159 e. The van der Waals surface area contributed by atoms with Gasteiger partial charge in [-0.1, -0.05) is 24.3 Å². The number of benzene rings is 2. The molecule has 1 atom stereocenters. The van der Waals surface area contributed by atoms with Gasteiger partial charge >= 0.3 is 0 Å². The summed E-state index contributed by atoms with van der Waals surface area (Å²) in [6, 6.07) is 9.20. The molecule has 0 aliphatic heterocycles. The van der Waals surface area contributed by atoms with Crippen molar-refractivity contribution in [3.8, 4) is 0 Å². The van der Waals surface area contributed by atoms with E-state index in [2.05, 4.69) is 0 Å². The molecule has 0 amide bonds. The van der Waals surface area contributed by atoms with Gasteiger partial charge in [-0.05, 0) is 36.2 Å². The molecule has 1 N–H and O–H groups in total. The molecule has 0 saturated carbocycles. The molecule has 0 aliphatic carbocycles. The summed E-state index contributed by atoms with van der Waals surface area (Å²) in [5, 5.41) is 10.3. The van der Waals surface area contributed by atoms with Crippen molar-refractivity contribution in [1.82, 2.24) is 0 Å². The highest BCUT2D eigenvalue weighted by Gasteiger charge is 2.26. The van der Waals surface area contributed by atoms with Crippen molar-refractivity contribution in [1.29, 1.82) is 0 Å². The van der Waals surface area contributed by atoms with Gasteiger partial charge in [-0.25, -0.2) is 13.2 Å². The molecule has 2 aromatic rings. The summed E-state index contributed by atoms with van der Waals surface area (Å²) in [6.45, 7) is 1.44. The molecular weight excluding hydrogens is 253 g/mol. The van der Waals surface area contributed by atoms with Crippen LogP contribution < -0.4 is 0 Å². The Bertz CT molecular complexity index is 594. The molecule has 0 spiro atoms. The van der Waals surface area contributed by atoms with Crippen molar-refractivity contribution < 1.29 is 18.3 Å². The second kappa shape index (κ2) is 5.05. The van der Waals surface area contributed by atoms with Gasteiger partial charge in [0, 0.05) is 6.42 Å². The predicted molar refractivity (Wildman–Crippen MR) is 66.0 cm³/mol. The van der Waals surface area contributed by atoms with Gasteiger partial charge in [-0.3, -0.25) is 0 Å². The van der Waals surface area contributed by atoms with Gasteiger partial charge in [0.2, 0.25) is 0 Å². The highest BCUT2D eigenvalue weighted by atomic mass is 19.2. The Morgan fingerprint density at radius 1 is 0.947 bits per heavy atom. The summed E-state index contributed by atoms with van der Waals surface area (Å²) in [6.07, 6.45) is -0.0231. The first kappa shape index (κ1) is 13.6. The van der Waals surface area contributed by atoms with Crippen LogP contribution in [0.4, 0.5) is 13.2 Å². The normalized spacial score (nSPS) is 14.2. The third-order valence-electron chi connectivity index (χ3n) is 3.03. The molecule has 0 fully saturated rings. The first-order valence-corrected chi connectivity index (χ1v) is 5.81. The first-order chi connectivity index (χ1) is 8.90. The van der Waals surface area contributed by atoms with E-state index in [-0.39, 0.29) is 12.0 Å². The molecule has 4 heteroatoms. The maximum atomic E-state index is 13.5. The van der Waals surface area contributed by atoms with Gasteiger partial charge in [0.1, 0.15) is 5.82 Å². The molecule has 0 saturated heterocycles. The molecule has 19 heavy (non-hydrogen) atoms. The fourth-order valence-corrected chi connectivity index (χ4v) is 1.95. The monoisotopic (exact) mass is 266 g/mol. The molecule has 1 unspecified atom stereocenters. The number of rotatable bonds is 3. The lowest BCUT2D eigenvalue weighted by Crippen LogP contribution is -2.25. The zero-order chi connectivity index (χ0) is 14.0. The lowest BCUT2D eigenvalue weighted by atomic mass is 9.89. The minimum absolute atomic E-state index is 0.0231. The summed E-state index contributed by atoms with van der Waals surface area (Å²) < 4.78 is 39.6. The number of hydrogen-bond acceptors (Lipinski definition) is 1. The van der Waals surface area contributed by atoms with Crippen molar-refractivity contribution >= 4 is 0 Å². The zero-order valence-electron chi connectivity index (χ0n) is 10.3. The summed E-state index contributed by atoms with van der Waals surface area (Å²) >= 11 is 0. The van der Waals surface area contributed by atoms with E-state index in [1.807, 2.05) is 0 Å². The van der Waals surface area contributed by atoms with Crippen LogP contribution in [0.2, 0.25) is 0 Å². The van der Waals surface area contributed by atoms with E-state index in [1.165, 1.54) is 19.1 Å². The van der Waals surface area contributed by atoms with Crippen LogP contribution in [-0.2, 0) is 12.0 Å². The van der Waals surface area contributed by atoms with Gasteiger partial charge < -0.3 is 5.11 Å². The van der Waals surface area contributed by atoms with E-state index >= 15 is 0 Å². The third kappa shape index (κ3) is 2.96. The first-order valence-electron chi connectivity index (χ1n) is 5.81. The molecule has 0 radical (unpaired) electrons. The van der Waals surface area contributed by atoms with Crippen LogP contribution in [0.15, 0.2) is 42.5 Å². The molecule has 2 aromatic carbocycles. The minimum Gasteiger partial charge on any atom is -0.385 e. The van der Waals surface area contributed by atoms with Gasteiger partial charge in [0.05, 0.1) is 5.60 Å². The van der Waals surface area contributed by atoms with Crippen LogP contribution in [0.5, 0.6) is 0 Å². The molecule has 0 heterocycles. The lowest BCUT2D eigenvalue weighted by molar-refractivity contribution is 0.0562. The molecule has 0 bridgehead atoms. The Kier molecular flexibility index (Phi) is 3.62. The van der Waals surface area contributed by atoms with E-state index in [0.29, 0.717) is 5.56 Å². The fraction of sp³-hybridized carbons (Fsp3) is 0.200. The van der Waals surface area contributed by atoms with Crippen molar-refractivity contribution in [3.05, 3.63) is 71.0 Å². The summed E-state index contributed by atoms with van der Waals surface area (Å²) in [7, 11) is 0. The highest BCUT2D eigenvalue weighted by molar-refractivity contribution is 5.27. The maximum absolute atomic E-state index is 13.5. The van der Waals surface area contributed by atoms with Crippen molar-refractivity contribution in [2.75, 3.05) is 0 Å². The van der Waals surface area contributed by atoms with Gasteiger partial charge in [-0.15, -0.1) is 0 Å².